The minimum Gasteiger partial charge on any atom is -0.308 e. The van der Waals surface area contributed by atoms with Gasteiger partial charge in [-0.2, -0.15) is 0 Å². The largest absolute Gasteiger partial charge is 0.308 e. The minimum absolute atomic E-state index is 1.38. The fraction of sp³-hybridized carbons (Fsp3) is 1.00. The van der Waals surface area contributed by atoms with Crippen molar-refractivity contribution in [1.82, 2.24) is 0 Å². The Morgan fingerprint density at radius 3 is 2.20 bits per heavy atom. The van der Waals surface area contributed by atoms with Gasteiger partial charge in [0.25, 0.3) is 0 Å². The third-order valence-corrected chi connectivity index (χ3v) is 12.8. The zero-order chi connectivity index (χ0) is 7.66. The van der Waals surface area contributed by atoms with Crippen molar-refractivity contribution in [3.8, 4) is 0 Å². The van der Waals surface area contributed by atoms with Gasteiger partial charge in [-0.3, -0.25) is 0 Å². The van der Waals surface area contributed by atoms with Crippen molar-refractivity contribution in [2.45, 2.75) is 0 Å². The maximum Gasteiger partial charge on any atom is 0.0746 e. The van der Waals surface area contributed by atoms with Crippen LogP contribution in [0.4, 0.5) is 0 Å². The Hall–Kier alpha value is 2.76. The van der Waals surface area contributed by atoms with Crippen molar-refractivity contribution in [3.05, 3.63) is 0 Å². The lowest BCUT2D eigenvalue weighted by Crippen LogP contribution is -1.51. The molecule has 0 rings (SSSR count). The van der Waals surface area contributed by atoms with E-state index in [-0.39, 0.29) is 0 Å². The van der Waals surface area contributed by atoms with Gasteiger partial charge in [0, 0.05) is 29.5 Å². The van der Waals surface area contributed by atoms with Gasteiger partial charge in [0.2, 0.25) is 0 Å². The summed E-state index contributed by atoms with van der Waals surface area (Å²) in [5.41, 5.74) is 0. The molecule has 0 saturated carbocycles. The third-order valence-electron chi connectivity index (χ3n) is 0.237. The summed E-state index contributed by atoms with van der Waals surface area (Å²) in [4.78, 5) is 0. The standard InChI is InChI=1S/CH4OS8/c1-2-4-6-8-10-9-7-5-3/h3H,1H3. The first kappa shape index (κ1) is 12.8. The van der Waals surface area contributed by atoms with Crippen LogP contribution in [0.5, 0.6) is 0 Å². The Bertz CT molecular complexity index is 49.2. The van der Waals surface area contributed by atoms with Crippen LogP contribution in [0.3, 0.4) is 0 Å². The zero-order valence-corrected chi connectivity index (χ0v) is 11.3. The van der Waals surface area contributed by atoms with Crippen LogP contribution in [0.15, 0.2) is 0 Å². The monoisotopic (exact) mass is 288 g/mol. The van der Waals surface area contributed by atoms with E-state index in [1.165, 1.54) is 20.9 Å². The van der Waals surface area contributed by atoms with Crippen molar-refractivity contribution >= 4 is 81.7 Å². The average Bonchev–Trinajstić information content (AvgIpc) is 1.97. The van der Waals surface area contributed by atoms with Gasteiger partial charge >= 0.3 is 0 Å². The fourth-order valence-corrected chi connectivity index (χ4v) is 13.0. The van der Waals surface area contributed by atoms with Crippen LogP contribution in [0.2, 0.25) is 0 Å². The molecule has 0 radical (unpaired) electrons. The summed E-state index contributed by atoms with van der Waals surface area (Å²) in [5, 5.41) is 0. The van der Waals surface area contributed by atoms with E-state index in [1.807, 2.05) is 0 Å². The van der Waals surface area contributed by atoms with E-state index in [0.717, 1.165) is 0 Å². The quantitative estimate of drug-likeness (QED) is 0.299. The highest BCUT2D eigenvalue weighted by molar-refractivity contribution is 9.48. The summed E-state index contributed by atoms with van der Waals surface area (Å²) in [6.07, 6.45) is 0. The first-order chi connectivity index (χ1) is 4.91. The van der Waals surface area contributed by atoms with E-state index in [1.54, 1.807) is 56.2 Å². The van der Waals surface area contributed by atoms with Crippen molar-refractivity contribution in [1.29, 1.82) is 0 Å². The summed E-state index contributed by atoms with van der Waals surface area (Å²) < 4.78 is 4.76. The van der Waals surface area contributed by atoms with Crippen LogP contribution >= 0.6 is 81.7 Å². The molecule has 1 nitrogen and oxygen atoms in total. The molecule has 0 aliphatic carbocycles. The van der Waals surface area contributed by atoms with Gasteiger partial charge in [-0.25, -0.2) is 0 Å². The molecule has 0 fully saturated rings. The highest BCUT2D eigenvalue weighted by Gasteiger charge is 1.92. The Kier molecular flexibility index (Phi) is 15.0. The molecule has 62 valence electrons. The van der Waals surface area contributed by atoms with E-state index in [9.17, 15) is 0 Å². The highest BCUT2D eigenvalue weighted by Crippen LogP contribution is 2.55. The maximum atomic E-state index is 4.76. The lowest BCUT2D eigenvalue weighted by Gasteiger charge is -1.93. The van der Waals surface area contributed by atoms with Crippen molar-refractivity contribution in [2.75, 3.05) is 7.11 Å². The van der Waals surface area contributed by atoms with Crippen LogP contribution in [0, 0.1) is 0 Å². The number of hydrogen-bond donors (Lipinski definition) is 1. The van der Waals surface area contributed by atoms with Crippen LogP contribution in [0.1, 0.15) is 0 Å². The van der Waals surface area contributed by atoms with Gasteiger partial charge < -0.3 is 4.18 Å². The van der Waals surface area contributed by atoms with Crippen molar-refractivity contribution in [2.24, 2.45) is 0 Å². The van der Waals surface area contributed by atoms with Gasteiger partial charge in [-0.1, -0.05) is 11.7 Å². The third kappa shape index (κ3) is 10.8. The molecule has 0 N–H and O–H groups in total. The molecule has 0 heterocycles. The fourth-order valence-electron chi connectivity index (χ4n) is 0.0856. The molecular weight excluding hydrogens is 285 g/mol. The molecular formula is CH4OS8. The van der Waals surface area contributed by atoms with E-state index >= 15 is 0 Å². The molecule has 0 aromatic heterocycles. The lowest BCUT2D eigenvalue weighted by molar-refractivity contribution is 0.498. The lowest BCUT2D eigenvalue weighted by atomic mass is 11.8. The molecule has 0 spiro atoms. The predicted octanol–water partition coefficient (Wildman–Crippen LogP) is 5.02. The SMILES string of the molecule is COSSSSSSSS. The predicted molar refractivity (Wildman–Crippen MR) is 69.1 cm³/mol. The summed E-state index contributed by atoms with van der Waals surface area (Å²) in [6, 6.07) is 0. The molecule has 0 aromatic rings. The number of thiol groups is 1. The Morgan fingerprint density at radius 1 is 1.00 bits per heavy atom. The molecule has 0 aliphatic rings. The topological polar surface area (TPSA) is 9.23 Å². The Labute approximate surface area is 91.9 Å². The molecule has 0 atom stereocenters. The van der Waals surface area contributed by atoms with E-state index < -0.39 is 0 Å². The van der Waals surface area contributed by atoms with Crippen molar-refractivity contribution in [3.63, 3.8) is 0 Å². The zero-order valence-electron chi connectivity index (χ0n) is 4.71. The Balaban J connectivity index is 2.65. The van der Waals surface area contributed by atoms with Crippen LogP contribution in [-0.4, -0.2) is 7.11 Å². The molecule has 0 unspecified atom stereocenters. The van der Waals surface area contributed by atoms with Gasteiger partial charge in [0.05, 0.1) is 18.2 Å². The second kappa shape index (κ2) is 11.8. The molecule has 0 bridgehead atoms. The van der Waals surface area contributed by atoms with E-state index in [2.05, 4.69) is 11.7 Å². The normalized spacial score (nSPS) is 10.2. The van der Waals surface area contributed by atoms with E-state index in [4.69, 9.17) is 4.18 Å². The molecule has 0 aromatic carbocycles. The van der Waals surface area contributed by atoms with Crippen LogP contribution in [0.25, 0.3) is 0 Å². The molecule has 10 heavy (non-hydrogen) atoms. The van der Waals surface area contributed by atoms with Crippen LogP contribution in [-0.2, 0) is 4.18 Å². The second-order valence-electron chi connectivity index (χ2n) is 0.649. The summed E-state index contributed by atoms with van der Waals surface area (Å²) in [6.45, 7) is 0. The summed E-state index contributed by atoms with van der Waals surface area (Å²) in [7, 11) is 11.5. The first-order valence-electron chi connectivity index (χ1n) is 1.76. The van der Waals surface area contributed by atoms with Gasteiger partial charge in [-0.15, -0.1) is 0 Å². The summed E-state index contributed by atoms with van der Waals surface area (Å²) >= 11 is 5.34. The molecule has 9 heteroatoms. The molecule has 0 amide bonds. The highest BCUT2D eigenvalue weighted by atomic mass is 34.0. The minimum atomic E-state index is 1.38. The molecule has 0 aliphatic heterocycles. The number of rotatable bonds is 7. The second-order valence-corrected chi connectivity index (χ2v) is 12.3. The first-order valence-corrected chi connectivity index (χ1v) is 11.6. The van der Waals surface area contributed by atoms with Gasteiger partial charge in [0.1, 0.15) is 0 Å². The average molecular weight is 289 g/mol. The van der Waals surface area contributed by atoms with E-state index in [0.29, 0.717) is 0 Å². The smallest absolute Gasteiger partial charge is 0.0746 e. The Morgan fingerprint density at radius 2 is 1.60 bits per heavy atom. The number of hydrogen-bond acceptors (Lipinski definition) is 9. The molecule has 0 saturated heterocycles. The maximum absolute atomic E-state index is 4.76. The summed E-state index contributed by atoms with van der Waals surface area (Å²) in [5.74, 6) is 0. The van der Waals surface area contributed by atoms with Gasteiger partial charge in [0.15, 0.2) is 0 Å². The van der Waals surface area contributed by atoms with Crippen LogP contribution < -0.4 is 0 Å². The van der Waals surface area contributed by atoms with Gasteiger partial charge in [-0.05, 0) is 29.5 Å². The van der Waals surface area contributed by atoms with Crippen molar-refractivity contribution < 1.29 is 4.18 Å².